The van der Waals surface area contributed by atoms with Crippen LogP contribution >= 0.6 is 11.3 Å². The summed E-state index contributed by atoms with van der Waals surface area (Å²) in [4.78, 5) is 13.8. The molecule has 0 bridgehead atoms. The average Bonchev–Trinajstić information content (AvgIpc) is 2.87. The number of hydrogen-bond acceptors (Lipinski definition) is 7. The van der Waals surface area contributed by atoms with Crippen LogP contribution < -0.4 is 5.14 Å². The molecule has 9 heteroatoms. The molecule has 1 saturated heterocycles. The SMILES string of the molecule is NS(=O)(=O)c1nnc(CC(=O)CN2CCCC2)s1. The molecular formula is C9H14N4O3S2. The number of nitrogens with two attached hydrogens (primary N) is 1. The molecule has 2 heterocycles. The summed E-state index contributed by atoms with van der Waals surface area (Å²) in [5.41, 5.74) is 0. The van der Waals surface area contributed by atoms with Crippen molar-refractivity contribution in [1.82, 2.24) is 15.1 Å². The van der Waals surface area contributed by atoms with Crippen molar-refractivity contribution in [2.45, 2.75) is 23.6 Å². The third-order valence-electron chi connectivity index (χ3n) is 2.64. The fourth-order valence-corrected chi connectivity index (χ4v) is 3.35. The van der Waals surface area contributed by atoms with Gasteiger partial charge in [-0.2, -0.15) is 0 Å². The Morgan fingerprint density at radius 2 is 2.00 bits per heavy atom. The van der Waals surface area contributed by atoms with E-state index in [1.807, 2.05) is 0 Å². The standard InChI is InChI=1S/C9H14N4O3S2/c10-18(15,16)9-12-11-8(17-9)5-7(14)6-13-3-1-2-4-13/h1-6H2,(H2,10,15,16). The van der Waals surface area contributed by atoms with Gasteiger partial charge in [-0.25, -0.2) is 13.6 Å². The molecule has 2 N–H and O–H groups in total. The predicted molar refractivity (Wildman–Crippen MR) is 65.7 cm³/mol. The quantitative estimate of drug-likeness (QED) is 0.775. The summed E-state index contributed by atoms with van der Waals surface area (Å²) < 4.78 is 21.8. The number of carbonyl (C=O) groups excluding carboxylic acids is 1. The smallest absolute Gasteiger partial charge is 0.267 e. The van der Waals surface area contributed by atoms with E-state index in [1.54, 1.807) is 0 Å². The highest BCUT2D eigenvalue weighted by Crippen LogP contribution is 2.15. The number of Topliss-reactive ketones (excluding diaryl/α,β-unsaturated/α-hetero) is 1. The van der Waals surface area contributed by atoms with Crippen molar-refractivity contribution >= 4 is 27.1 Å². The minimum atomic E-state index is -3.82. The van der Waals surface area contributed by atoms with E-state index in [0.29, 0.717) is 11.6 Å². The Bertz CT molecular complexity index is 534. The summed E-state index contributed by atoms with van der Waals surface area (Å²) in [6.45, 7) is 2.29. The minimum Gasteiger partial charge on any atom is -0.298 e. The van der Waals surface area contributed by atoms with E-state index >= 15 is 0 Å². The molecule has 1 aromatic heterocycles. The largest absolute Gasteiger partial charge is 0.298 e. The van der Waals surface area contributed by atoms with Crippen LogP contribution in [0.3, 0.4) is 0 Å². The van der Waals surface area contributed by atoms with E-state index in [1.165, 1.54) is 0 Å². The first-order valence-corrected chi connectivity index (χ1v) is 7.90. The van der Waals surface area contributed by atoms with Gasteiger partial charge in [-0.1, -0.05) is 11.3 Å². The molecule has 2 rings (SSSR count). The van der Waals surface area contributed by atoms with Crippen LogP contribution in [0, 0.1) is 0 Å². The first-order chi connectivity index (χ1) is 8.45. The first-order valence-electron chi connectivity index (χ1n) is 5.54. The van der Waals surface area contributed by atoms with Gasteiger partial charge in [0.25, 0.3) is 10.0 Å². The molecule has 0 aromatic carbocycles. The molecule has 0 atom stereocenters. The number of ketones is 1. The van der Waals surface area contributed by atoms with E-state index in [9.17, 15) is 13.2 Å². The molecule has 0 saturated carbocycles. The van der Waals surface area contributed by atoms with Crippen LogP contribution in [-0.2, 0) is 21.2 Å². The molecule has 0 aliphatic carbocycles. The summed E-state index contributed by atoms with van der Waals surface area (Å²) >= 11 is 0.852. The Kier molecular flexibility index (Phi) is 4.05. The van der Waals surface area contributed by atoms with Crippen LogP contribution in [0.5, 0.6) is 0 Å². The molecular weight excluding hydrogens is 276 g/mol. The predicted octanol–water partition coefficient (Wildman–Crippen LogP) is -0.607. The molecule has 0 radical (unpaired) electrons. The monoisotopic (exact) mass is 290 g/mol. The number of aromatic nitrogens is 2. The molecule has 0 unspecified atom stereocenters. The second-order valence-electron chi connectivity index (χ2n) is 4.21. The number of primary sulfonamides is 1. The molecule has 7 nitrogen and oxygen atoms in total. The topological polar surface area (TPSA) is 106 Å². The van der Waals surface area contributed by atoms with Crippen LogP contribution in [0.15, 0.2) is 4.34 Å². The van der Waals surface area contributed by atoms with Crippen molar-refractivity contribution in [3.05, 3.63) is 5.01 Å². The number of carbonyl (C=O) groups is 1. The molecule has 1 aromatic rings. The van der Waals surface area contributed by atoms with Gasteiger partial charge in [0, 0.05) is 0 Å². The van der Waals surface area contributed by atoms with E-state index < -0.39 is 10.0 Å². The Hall–Kier alpha value is -0.900. The lowest BCUT2D eigenvalue weighted by Crippen LogP contribution is -2.27. The summed E-state index contributed by atoms with van der Waals surface area (Å²) in [5.74, 6) is 0.0222. The summed E-state index contributed by atoms with van der Waals surface area (Å²) in [7, 11) is -3.82. The Labute approximate surface area is 109 Å². The van der Waals surface area contributed by atoms with Gasteiger partial charge < -0.3 is 0 Å². The maximum absolute atomic E-state index is 11.7. The van der Waals surface area contributed by atoms with Crippen LogP contribution in [-0.4, -0.2) is 48.9 Å². The summed E-state index contributed by atoms with van der Waals surface area (Å²) in [6.07, 6.45) is 2.37. The third-order valence-corrected chi connectivity index (χ3v) is 4.87. The summed E-state index contributed by atoms with van der Waals surface area (Å²) in [5, 5.41) is 12.4. The second kappa shape index (κ2) is 5.39. The number of sulfonamides is 1. The molecule has 1 aliphatic rings. The van der Waals surface area contributed by atoms with Crippen molar-refractivity contribution in [2.24, 2.45) is 5.14 Å². The average molecular weight is 290 g/mol. The van der Waals surface area contributed by atoms with Crippen LogP contribution in [0.25, 0.3) is 0 Å². The molecule has 18 heavy (non-hydrogen) atoms. The van der Waals surface area contributed by atoms with E-state index in [0.717, 1.165) is 37.3 Å². The van der Waals surface area contributed by atoms with Gasteiger partial charge in [-0.05, 0) is 25.9 Å². The maximum Gasteiger partial charge on any atom is 0.267 e. The maximum atomic E-state index is 11.7. The zero-order valence-corrected chi connectivity index (χ0v) is 11.3. The van der Waals surface area contributed by atoms with Crippen molar-refractivity contribution in [3.8, 4) is 0 Å². The van der Waals surface area contributed by atoms with Gasteiger partial charge in [0.05, 0.1) is 13.0 Å². The Balaban J connectivity index is 1.92. The Morgan fingerprint density at radius 1 is 1.33 bits per heavy atom. The van der Waals surface area contributed by atoms with E-state index in [2.05, 4.69) is 15.1 Å². The number of likely N-dealkylation sites (tertiary alicyclic amines) is 1. The van der Waals surface area contributed by atoms with Gasteiger partial charge in [0.1, 0.15) is 5.01 Å². The fourth-order valence-electron chi connectivity index (χ4n) is 1.84. The van der Waals surface area contributed by atoms with Crippen molar-refractivity contribution in [2.75, 3.05) is 19.6 Å². The zero-order valence-electron chi connectivity index (χ0n) is 9.70. The second-order valence-corrected chi connectivity index (χ2v) is 7.00. The highest BCUT2D eigenvalue weighted by atomic mass is 32.2. The molecule has 1 aliphatic heterocycles. The third kappa shape index (κ3) is 3.55. The molecule has 1 fully saturated rings. The van der Waals surface area contributed by atoms with Crippen LogP contribution in [0.1, 0.15) is 17.8 Å². The molecule has 0 spiro atoms. The minimum absolute atomic E-state index is 0.0222. The number of nitrogens with zero attached hydrogens (tertiary/aromatic N) is 3. The van der Waals surface area contributed by atoms with Gasteiger partial charge in [-0.3, -0.25) is 9.69 Å². The lowest BCUT2D eigenvalue weighted by molar-refractivity contribution is -0.119. The van der Waals surface area contributed by atoms with Crippen molar-refractivity contribution < 1.29 is 13.2 Å². The van der Waals surface area contributed by atoms with Crippen LogP contribution in [0.4, 0.5) is 0 Å². The van der Waals surface area contributed by atoms with Gasteiger partial charge in [-0.15, -0.1) is 10.2 Å². The summed E-state index contributed by atoms with van der Waals surface area (Å²) in [6, 6.07) is 0. The van der Waals surface area contributed by atoms with Crippen LogP contribution in [0.2, 0.25) is 0 Å². The normalized spacial score (nSPS) is 17.2. The fraction of sp³-hybridized carbons (Fsp3) is 0.667. The zero-order chi connectivity index (χ0) is 13.2. The van der Waals surface area contributed by atoms with Gasteiger partial charge >= 0.3 is 0 Å². The first kappa shape index (κ1) is 13.5. The van der Waals surface area contributed by atoms with Crippen molar-refractivity contribution in [3.63, 3.8) is 0 Å². The van der Waals surface area contributed by atoms with E-state index in [-0.39, 0.29) is 16.5 Å². The number of rotatable bonds is 5. The van der Waals surface area contributed by atoms with Gasteiger partial charge in [0.2, 0.25) is 4.34 Å². The lowest BCUT2D eigenvalue weighted by Gasteiger charge is -2.12. The van der Waals surface area contributed by atoms with Crippen molar-refractivity contribution in [1.29, 1.82) is 0 Å². The highest BCUT2D eigenvalue weighted by Gasteiger charge is 2.19. The van der Waals surface area contributed by atoms with E-state index in [4.69, 9.17) is 5.14 Å². The lowest BCUT2D eigenvalue weighted by atomic mass is 10.3. The molecule has 100 valence electrons. The Morgan fingerprint density at radius 3 is 2.56 bits per heavy atom. The highest BCUT2D eigenvalue weighted by molar-refractivity contribution is 7.91. The van der Waals surface area contributed by atoms with Gasteiger partial charge in [0.15, 0.2) is 5.78 Å². The molecule has 0 amide bonds. The number of hydrogen-bond donors (Lipinski definition) is 1.